The Balaban J connectivity index is 0.925. The lowest BCUT2D eigenvalue weighted by Crippen LogP contribution is -2.46. The van der Waals surface area contributed by atoms with Gasteiger partial charge < -0.3 is 24.0 Å². The SMILES string of the molecule is CC[C@H](C)n1ncn(-c2ccc(N3CCN(c4ccc(OC[C@@H]5CO[C@@](Cn6cncn6)(c6ccc(Cl)cc6Cl)O5)cc4)CC3)cc2)c1=O. The Morgan fingerprint density at radius 3 is 2.22 bits per heavy atom. The van der Waals surface area contributed by atoms with Gasteiger partial charge in [0.25, 0.3) is 0 Å². The molecule has 14 heteroatoms. The number of benzene rings is 3. The Labute approximate surface area is 294 Å². The van der Waals surface area contributed by atoms with Crippen LogP contribution in [0.4, 0.5) is 11.4 Å². The van der Waals surface area contributed by atoms with Crippen molar-refractivity contribution in [1.82, 2.24) is 29.1 Å². The van der Waals surface area contributed by atoms with Crippen molar-refractivity contribution < 1.29 is 14.2 Å². The average molecular weight is 706 g/mol. The van der Waals surface area contributed by atoms with Gasteiger partial charge in [-0.05, 0) is 74.0 Å². The maximum Gasteiger partial charge on any atom is 0.350 e. The molecule has 7 rings (SSSR count). The maximum atomic E-state index is 12.8. The van der Waals surface area contributed by atoms with E-state index < -0.39 is 5.79 Å². The van der Waals surface area contributed by atoms with Crippen LogP contribution in [-0.4, -0.2) is 74.6 Å². The zero-order chi connectivity index (χ0) is 34.0. The lowest BCUT2D eigenvalue weighted by Gasteiger charge is -2.37. The van der Waals surface area contributed by atoms with Crippen LogP contribution in [0.25, 0.3) is 5.69 Å². The molecule has 0 unspecified atom stereocenters. The molecule has 2 aliphatic heterocycles. The number of hydrogen-bond donors (Lipinski definition) is 0. The fourth-order valence-electron chi connectivity index (χ4n) is 6.24. The third kappa shape index (κ3) is 7.04. The maximum absolute atomic E-state index is 12.8. The number of nitrogens with zero attached hydrogens (tertiary/aromatic N) is 8. The standard InChI is InChI=1S/C35H38Cl2N8O4/c1-3-25(2)45-34(46)44(24-40-45)29-7-5-27(6-8-29)41-14-16-42(17-15-41)28-9-11-30(12-10-28)47-19-31-20-48-35(49-31,21-43-23-38-22-39-43)32-13-4-26(36)18-33(32)37/h4-13,18,22-25,31H,3,14-17,19-21H2,1-2H3/t25-,31+,35+/m0/s1. The summed E-state index contributed by atoms with van der Waals surface area (Å²) in [5, 5.41) is 9.50. The molecular weight excluding hydrogens is 667 g/mol. The first-order valence-electron chi connectivity index (χ1n) is 16.4. The summed E-state index contributed by atoms with van der Waals surface area (Å²) in [6, 6.07) is 21.6. The summed E-state index contributed by atoms with van der Waals surface area (Å²) in [7, 11) is 0. The topological polar surface area (TPSA) is 105 Å². The predicted molar refractivity (Wildman–Crippen MR) is 188 cm³/mol. The van der Waals surface area contributed by atoms with Crippen molar-refractivity contribution in [2.45, 2.75) is 44.7 Å². The fourth-order valence-corrected chi connectivity index (χ4v) is 6.79. The molecule has 2 saturated heterocycles. The highest BCUT2D eigenvalue weighted by atomic mass is 35.5. The van der Waals surface area contributed by atoms with E-state index in [1.165, 1.54) is 11.0 Å². The summed E-state index contributed by atoms with van der Waals surface area (Å²) in [6.45, 7) is 8.48. The molecule has 5 aromatic rings. The van der Waals surface area contributed by atoms with Crippen molar-refractivity contribution in [3.63, 3.8) is 0 Å². The number of aromatic nitrogens is 6. The summed E-state index contributed by atoms with van der Waals surface area (Å²) in [4.78, 5) is 21.6. The number of ether oxygens (including phenoxy) is 3. The number of rotatable bonds is 11. The molecule has 0 radical (unpaired) electrons. The normalized spacial score (nSPS) is 20.1. The molecule has 0 amide bonds. The van der Waals surface area contributed by atoms with E-state index in [2.05, 4.69) is 49.2 Å². The summed E-state index contributed by atoms with van der Waals surface area (Å²) >= 11 is 12.7. The number of anilines is 2. The largest absolute Gasteiger partial charge is 0.491 e. The Bertz CT molecular complexity index is 1910. The van der Waals surface area contributed by atoms with Crippen molar-refractivity contribution in [3.8, 4) is 11.4 Å². The Hall–Kier alpha value is -4.36. The molecule has 3 atom stereocenters. The highest BCUT2D eigenvalue weighted by molar-refractivity contribution is 6.35. The average Bonchev–Trinajstić information content (AvgIpc) is 3.88. The van der Waals surface area contributed by atoms with Gasteiger partial charge in [0.05, 0.1) is 23.4 Å². The molecule has 256 valence electrons. The lowest BCUT2D eigenvalue weighted by atomic mass is 10.1. The van der Waals surface area contributed by atoms with Crippen LogP contribution in [0.5, 0.6) is 5.75 Å². The van der Waals surface area contributed by atoms with Crippen LogP contribution < -0.4 is 20.2 Å². The molecule has 2 fully saturated rings. The van der Waals surface area contributed by atoms with E-state index in [1.807, 2.05) is 44.2 Å². The minimum absolute atomic E-state index is 0.0645. The fraction of sp³-hybridized carbons (Fsp3) is 0.371. The van der Waals surface area contributed by atoms with E-state index in [1.54, 1.807) is 34.0 Å². The molecule has 0 bridgehead atoms. The van der Waals surface area contributed by atoms with Crippen LogP contribution in [0.15, 0.2) is 90.5 Å². The second-order valence-corrected chi connectivity index (χ2v) is 13.1. The molecule has 2 aromatic heterocycles. The van der Waals surface area contributed by atoms with Crippen LogP contribution in [0.1, 0.15) is 31.9 Å². The van der Waals surface area contributed by atoms with Gasteiger partial charge in [0.1, 0.15) is 44.0 Å². The third-order valence-electron chi connectivity index (χ3n) is 9.15. The van der Waals surface area contributed by atoms with E-state index in [0.29, 0.717) is 28.8 Å². The monoisotopic (exact) mass is 704 g/mol. The quantitative estimate of drug-likeness (QED) is 0.174. The summed E-state index contributed by atoms with van der Waals surface area (Å²) in [6.07, 6.45) is 5.19. The lowest BCUT2D eigenvalue weighted by molar-refractivity contribution is -0.190. The Morgan fingerprint density at radius 1 is 0.918 bits per heavy atom. The van der Waals surface area contributed by atoms with Crippen LogP contribution in [0, 0.1) is 0 Å². The van der Waals surface area contributed by atoms with Gasteiger partial charge in [-0.25, -0.2) is 23.7 Å². The van der Waals surface area contributed by atoms with Crippen molar-refractivity contribution in [2.24, 2.45) is 0 Å². The van der Waals surface area contributed by atoms with Gasteiger partial charge in [0.2, 0.25) is 5.79 Å². The molecule has 0 aliphatic carbocycles. The summed E-state index contributed by atoms with van der Waals surface area (Å²) in [5.74, 6) is -0.410. The van der Waals surface area contributed by atoms with Crippen molar-refractivity contribution in [2.75, 3.05) is 49.2 Å². The minimum Gasteiger partial charge on any atom is -0.491 e. The summed E-state index contributed by atoms with van der Waals surface area (Å²) in [5.41, 5.74) is 3.64. The Morgan fingerprint density at radius 2 is 1.59 bits per heavy atom. The van der Waals surface area contributed by atoms with Gasteiger partial charge >= 0.3 is 5.69 Å². The molecule has 0 spiro atoms. The first-order valence-corrected chi connectivity index (χ1v) is 17.2. The smallest absolute Gasteiger partial charge is 0.350 e. The van der Waals surface area contributed by atoms with Crippen molar-refractivity contribution >= 4 is 34.6 Å². The number of piperazine rings is 1. The van der Waals surface area contributed by atoms with Gasteiger partial charge in [-0.15, -0.1) is 0 Å². The van der Waals surface area contributed by atoms with Gasteiger partial charge in [-0.3, -0.25) is 0 Å². The van der Waals surface area contributed by atoms with Gasteiger partial charge in [-0.1, -0.05) is 36.2 Å². The molecule has 3 aromatic carbocycles. The second-order valence-electron chi connectivity index (χ2n) is 12.3. The molecule has 12 nitrogen and oxygen atoms in total. The molecular formula is C35H38Cl2N8O4. The molecule has 2 aliphatic rings. The van der Waals surface area contributed by atoms with E-state index in [9.17, 15) is 4.79 Å². The number of halogens is 2. The molecule has 49 heavy (non-hydrogen) atoms. The highest BCUT2D eigenvalue weighted by Crippen LogP contribution is 2.40. The first-order chi connectivity index (χ1) is 23.8. The minimum atomic E-state index is -1.16. The van der Waals surface area contributed by atoms with Crippen LogP contribution >= 0.6 is 23.2 Å². The van der Waals surface area contributed by atoms with Gasteiger partial charge in [0, 0.05) is 48.1 Å². The molecule has 4 heterocycles. The molecule has 0 saturated carbocycles. The van der Waals surface area contributed by atoms with E-state index in [0.717, 1.165) is 55.4 Å². The number of hydrogen-bond acceptors (Lipinski definition) is 9. The zero-order valence-corrected chi connectivity index (χ0v) is 28.9. The van der Waals surface area contributed by atoms with Crippen LogP contribution in [0.3, 0.4) is 0 Å². The zero-order valence-electron chi connectivity index (χ0n) is 27.4. The predicted octanol–water partition coefficient (Wildman–Crippen LogP) is 5.58. The summed E-state index contributed by atoms with van der Waals surface area (Å²) < 4.78 is 23.7. The van der Waals surface area contributed by atoms with Gasteiger partial charge in [-0.2, -0.15) is 10.2 Å². The molecule has 0 N–H and O–H groups in total. The van der Waals surface area contributed by atoms with Crippen molar-refractivity contribution in [1.29, 1.82) is 0 Å². The Kier molecular flexibility index (Phi) is 9.64. The van der Waals surface area contributed by atoms with Gasteiger partial charge in [0.15, 0.2) is 0 Å². The van der Waals surface area contributed by atoms with E-state index >= 15 is 0 Å². The second kappa shape index (κ2) is 14.2. The van der Waals surface area contributed by atoms with Crippen LogP contribution in [-0.2, 0) is 21.8 Å². The van der Waals surface area contributed by atoms with Crippen LogP contribution in [0.2, 0.25) is 10.0 Å². The highest BCUT2D eigenvalue weighted by Gasteiger charge is 2.45. The van der Waals surface area contributed by atoms with Crippen molar-refractivity contribution in [3.05, 3.63) is 112 Å². The first kappa shape index (κ1) is 33.2. The van der Waals surface area contributed by atoms with E-state index in [4.69, 9.17) is 37.4 Å². The third-order valence-corrected chi connectivity index (χ3v) is 9.70. The van der Waals surface area contributed by atoms with E-state index in [-0.39, 0.29) is 24.4 Å².